The number of ether oxygens (including phenoxy) is 2. The van der Waals surface area contributed by atoms with Crippen molar-refractivity contribution >= 4 is 11.8 Å². The highest BCUT2D eigenvalue weighted by Crippen LogP contribution is 2.33. The van der Waals surface area contributed by atoms with E-state index in [9.17, 15) is 9.59 Å². The van der Waals surface area contributed by atoms with Crippen molar-refractivity contribution in [3.05, 3.63) is 65.7 Å². The van der Waals surface area contributed by atoms with Gasteiger partial charge in [0, 0.05) is 19.7 Å². The Bertz CT molecular complexity index is 913. The number of carbonyl (C=O) groups excluding carboxylic acids is 2. The van der Waals surface area contributed by atoms with Crippen molar-refractivity contribution in [1.29, 1.82) is 0 Å². The molecule has 3 atom stereocenters. The summed E-state index contributed by atoms with van der Waals surface area (Å²) in [5.74, 6) is 0.780. The monoisotopic (exact) mass is 436 g/mol. The van der Waals surface area contributed by atoms with Gasteiger partial charge in [-0.1, -0.05) is 49.4 Å². The van der Waals surface area contributed by atoms with E-state index in [0.29, 0.717) is 26.1 Å². The lowest BCUT2D eigenvalue weighted by molar-refractivity contribution is -0.174. The van der Waals surface area contributed by atoms with Crippen molar-refractivity contribution in [3.63, 3.8) is 0 Å². The van der Waals surface area contributed by atoms with E-state index >= 15 is 0 Å². The number of methoxy groups -OCH3 is 1. The molecule has 2 amide bonds. The highest BCUT2D eigenvalue weighted by Gasteiger charge is 2.50. The quantitative estimate of drug-likeness (QED) is 0.632. The van der Waals surface area contributed by atoms with Crippen LogP contribution in [0.4, 0.5) is 0 Å². The standard InChI is InChI=1S/C26H32N2O4/c1-3-16-32-23-11-7-10-22-25(29)28(18-20-12-14-21(31-2)15-13-20)24(23)26(30)27(22)17-19-8-5-4-6-9-19/h4-6,8-9,12-15,22-24H,3,7,10-11,16-18H2,1-2H3/t22-,23+,24-/m0/s1. The number of fused-ring (bicyclic) bond motifs is 5. The predicted octanol–water partition coefficient (Wildman–Crippen LogP) is 3.78. The number of carbonyl (C=O) groups is 2. The molecule has 0 radical (unpaired) electrons. The average molecular weight is 437 g/mol. The minimum Gasteiger partial charge on any atom is -0.497 e. The number of hydrogen-bond acceptors (Lipinski definition) is 4. The first-order valence-corrected chi connectivity index (χ1v) is 11.5. The molecule has 6 heteroatoms. The SMILES string of the molecule is CCCO[C@@H]1CCC[C@H]2C(=O)N(Cc3ccc(OC)cc3)[C@@H]1C(=O)N2Cc1ccccc1. The van der Waals surface area contributed by atoms with Gasteiger partial charge in [0.15, 0.2) is 0 Å². The van der Waals surface area contributed by atoms with Gasteiger partial charge in [-0.25, -0.2) is 0 Å². The van der Waals surface area contributed by atoms with Crippen LogP contribution in [0.5, 0.6) is 5.75 Å². The van der Waals surface area contributed by atoms with Crippen LogP contribution >= 0.6 is 0 Å². The highest BCUT2D eigenvalue weighted by atomic mass is 16.5. The largest absolute Gasteiger partial charge is 0.497 e. The number of benzene rings is 2. The van der Waals surface area contributed by atoms with E-state index in [1.807, 2.05) is 54.6 Å². The van der Waals surface area contributed by atoms with Crippen LogP contribution in [0.15, 0.2) is 54.6 Å². The molecular formula is C26H32N2O4. The minimum absolute atomic E-state index is 0.00670. The van der Waals surface area contributed by atoms with Crippen LogP contribution in [0.25, 0.3) is 0 Å². The van der Waals surface area contributed by atoms with Crippen LogP contribution in [0.2, 0.25) is 0 Å². The first-order valence-electron chi connectivity index (χ1n) is 11.5. The molecule has 2 aromatic rings. The highest BCUT2D eigenvalue weighted by molar-refractivity contribution is 5.97. The summed E-state index contributed by atoms with van der Waals surface area (Å²) in [6.07, 6.45) is 2.91. The van der Waals surface area contributed by atoms with Gasteiger partial charge in [0.2, 0.25) is 11.8 Å². The second-order valence-corrected chi connectivity index (χ2v) is 8.57. The van der Waals surface area contributed by atoms with E-state index in [2.05, 4.69) is 6.92 Å². The van der Waals surface area contributed by atoms with Crippen molar-refractivity contribution in [2.75, 3.05) is 13.7 Å². The van der Waals surface area contributed by atoms with Crippen molar-refractivity contribution in [3.8, 4) is 5.75 Å². The third-order valence-corrected chi connectivity index (χ3v) is 6.38. The van der Waals surface area contributed by atoms with E-state index in [1.165, 1.54) is 0 Å². The van der Waals surface area contributed by atoms with Crippen molar-refractivity contribution in [1.82, 2.24) is 9.80 Å². The smallest absolute Gasteiger partial charge is 0.249 e. The molecule has 170 valence electrons. The summed E-state index contributed by atoms with van der Waals surface area (Å²) in [4.78, 5) is 31.1. The fraction of sp³-hybridized carbons (Fsp3) is 0.462. The number of hydrogen-bond donors (Lipinski definition) is 0. The van der Waals surface area contributed by atoms with Crippen LogP contribution in [-0.2, 0) is 27.4 Å². The van der Waals surface area contributed by atoms with Gasteiger partial charge >= 0.3 is 0 Å². The predicted molar refractivity (Wildman–Crippen MR) is 122 cm³/mol. The zero-order chi connectivity index (χ0) is 22.5. The Morgan fingerprint density at radius 3 is 2.25 bits per heavy atom. The van der Waals surface area contributed by atoms with Crippen LogP contribution in [0.1, 0.15) is 43.7 Å². The van der Waals surface area contributed by atoms with Crippen molar-refractivity contribution < 1.29 is 19.1 Å². The van der Waals surface area contributed by atoms with Gasteiger partial charge in [-0.3, -0.25) is 9.59 Å². The molecule has 3 heterocycles. The van der Waals surface area contributed by atoms with Gasteiger partial charge in [0.05, 0.1) is 13.2 Å². The van der Waals surface area contributed by atoms with Gasteiger partial charge in [-0.15, -0.1) is 0 Å². The molecule has 3 aliphatic rings. The fourth-order valence-electron chi connectivity index (χ4n) is 4.74. The number of piperazine rings is 1. The van der Waals surface area contributed by atoms with Gasteiger partial charge in [0.1, 0.15) is 17.8 Å². The Morgan fingerprint density at radius 2 is 1.56 bits per heavy atom. The van der Waals surface area contributed by atoms with Crippen LogP contribution < -0.4 is 4.74 Å². The van der Waals surface area contributed by atoms with Crippen molar-refractivity contribution in [2.24, 2.45) is 0 Å². The molecule has 5 rings (SSSR count). The molecule has 3 fully saturated rings. The van der Waals surface area contributed by atoms with Gasteiger partial charge in [-0.2, -0.15) is 0 Å². The molecule has 3 saturated heterocycles. The maximum Gasteiger partial charge on any atom is 0.249 e. The number of nitrogens with zero attached hydrogens (tertiary/aromatic N) is 2. The summed E-state index contributed by atoms with van der Waals surface area (Å²) in [5.41, 5.74) is 2.01. The molecule has 0 aromatic heterocycles. The van der Waals surface area contributed by atoms with Gasteiger partial charge in [0.25, 0.3) is 0 Å². The zero-order valence-corrected chi connectivity index (χ0v) is 18.9. The molecule has 6 nitrogen and oxygen atoms in total. The molecule has 2 bridgehead atoms. The lowest BCUT2D eigenvalue weighted by Gasteiger charge is -2.49. The maximum absolute atomic E-state index is 13.8. The summed E-state index contributed by atoms with van der Waals surface area (Å²) < 4.78 is 11.4. The maximum atomic E-state index is 13.8. The Balaban J connectivity index is 1.65. The summed E-state index contributed by atoms with van der Waals surface area (Å²) in [6.45, 7) is 3.48. The molecule has 0 spiro atoms. The molecule has 0 unspecified atom stereocenters. The molecule has 0 saturated carbocycles. The van der Waals surface area contributed by atoms with E-state index < -0.39 is 12.1 Å². The van der Waals surface area contributed by atoms with Crippen molar-refractivity contribution in [2.45, 2.75) is 63.9 Å². The Kier molecular flexibility index (Phi) is 7.10. The summed E-state index contributed by atoms with van der Waals surface area (Å²) in [6, 6.07) is 16.5. The van der Waals surface area contributed by atoms with Gasteiger partial charge in [-0.05, 0) is 48.9 Å². The van der Waals surface area contributed by atoms with Crippen LogP contribution in [0, 0.1) is 0 Å². The lowest BCUT2D eigenvalue weighted by Crippen LogP contribution is -2.68. The Labute approximate surface area is 190 Å². The Hall–Kier alpha value is -2.86. The average Bonchev–Trinajstić information content (AvgIpc) is 2.81. The summed E-state index contributed by atoms with van der Waals surface area (Å²) in [5, 5.41) is 0. The second-order valence-electron chi connectivity index (χ2n) is 8.57. The van der Waals surface area contributed by atoms with E-state index in [4.69, 9.17) is 9.47 Å². The molecule has 32 heavy (non-hydrogen) atoms. The molecule has 0 N–H and O–H groups in total. The topological polar surface area (TPSA) is 59.1 Å². The third kappa shape index (κ3) is 4.65. The number of amides is 2. The summed E-state index contributed by atoms with van der Waals surface area (Å²) >= 11 is 0. The summed E-state index contributed by atoms with van der Waals surface area (Å²) in [7, 11) is 1.63. The lowest BCUT2D eigenvalue weighted by atomic mass is 9.88. The van der Waals surface area contributed by atoms with Crippen LogP contribution in [-0.4, -0.2) is 53.5 Å². The number of rotatable bonds is 8. The van der Waals surface area contributed by atoms with Crippen LogP contribution in [0.3, 0.4) is 0 Å². The third-order valence-electron chi connectivity index (χ3n) is 6.38. The fourth-order valence-corrected chi connectivity index (χ4v) is 4.74. The Morgan fingerprint density at radius 1 is 0.875 bits per heavy atom. The van der Waals surface area contributed by atoms with Gasteiger partial charge < -0.3 is 19.3 Å². The molecular weight excluding hydrogens is 404 g/mol. The zero-order valence-electron chi connectivity index (χ0n) is 18.9. The van der Waals surface area contributed by atoms with E-state index in [1.54, 1.807) is 16.9 Å². The first-order chi connectivity index (χ1) is 15.6. The second kappa shape index (κ2) is 10.2. The molecule has 0 aliphatic carbocycles. The normalized spacial score (nSPS) is 23.2. The minimum atomic E-state index is -0.601. The first kappa shape index (κ1) is 22.3. The molecule has 3 aliphatic heterocycles. The van der Waals surface area contributed by atoms with E-state index in [0.717, 1.165) is 36.1 Å². The molecule has 2 aromatic carbocycles. The van der Waals surface area contributed by atoms with E-state index in [-0.39, 0.29) is 17.9 Å².